The molecule has 0 aromatic carbocycles. The maximum Gasteiger partial charge on any atom is 0.309 e. The van der Waals surface area contributed by atoms with Gasteiger partial charge in [0.25, 0.3) is 0 Å². The van der Waals surface area contributed by atoms with E-state index in [1.54, 1.807) is 4.90 Å². The number of guanidine groups is 1. The molecule has 1 unspecified atom stereocenters. The number of hydrogen-bond acceptors (Lipinski definition) is 4. The average Bonchev–Trinajstić information content (AvgIpc) is 2.52. The number of aromatic nitrogens is 1. The van der Waals surface area contributed by atoms with Crippen molar-refractivity contribution in [3.8, 4) is 5.88 Å². The molecule has 0 radical (unpaired) electrons. The molecule has 0 aliphatic carbocycles. The monoisotopic (exact) mass is 314 g/mol. The normalized spacial score (nSPS) is 20.1. The Kier molecular flexibility index (Phi) is 5.12. The number of halogens is 2. The zero-order valence-electron chi connectivity index (χ0n) is 12.6. The fourth-order valence-electron chi connectivity index (χ4n) is 2.12. The van der Waals surface area contributed by atoms with E-state index in [2.05, 4.69) is 9.98 Å². The third kappa shape index (κ3) is 4.03. The molecular weight excluding hydrogens is 294 g/mol. The second kappa shape index (κ2) is 6.87. The molecule has 1 atom stereocenters. The van der Waals surface area contributed by atoms with Gasteiger partial charge in [-0.15, -0.1) is 0 Å². The van der Waals surface area contributed by atoms with Crippen molar-refractivity contribution in [2.45, 2.75) is 19.0 Å². The molecule has 22 heavy (non-hydrogen) atoms. The molecule has 1 aromatic rings. The van der Waals surface area contributed by atoms with Gasteiger partial charge in [-0.25, -0.2) is 9.98 Å². The van der Waals surface area contributed by atoms with E-state index in [-0.39, 0.29) is 17.9 Å². The Morgan fingerprint density at radius 1 is 1.59 bits per heavy atom. The van der Waals surface area contributed by atoms with Crippen LogP contribution in [-0.4, -0.2) is 55.3 Å². The van der Waals surface area contributed by atoms with Gasteiger partial charge in [0, 0.05) is 19.2 Å². The number of nitrogens with two attached hydrogens (primary N) is 1. The van der Waals surface area contributed by atoms with Crippen LogP contribution in [0.2, 0.25) is 0 Å². The van der Waals surface area contributed by atoms with E-state index in [9.17, 15) is 8.78 Å². The van der Waals surface area contributed by atoms with E-state index in [1.807, 2.05) is 6.92 Å². The summed E-state index contributed by atoms with van der Waals surface area (Å²) in [5.74, 6) is -2.98. The van der Waals surface area contributed by atoms with Gasteiger partial charge in [0.2, 0.25) is 5.88 Å². The second-order valence-corrected chi connectivity index (χ2v) is 5.07. The van der Waals surface area contributed by atoms with E-state index >= 15 is 0 Å². The van der Waals surface area contributed by atoms with Crippen molar-refractivity contribution in [2.75, 3.05) is 33.4 Å². The number of hydrogen-bond donors (Lipinski definition) is 1. The lowest BCUT2D eigenvalue weighted by molar-refractivity contribution is -0.00193. The Labute approximate surface area is 127 Å². The van der Waals surface area contributed by atoms with E-state index in [4.69, 9.17) is 15.2 Å². The van der Waals surface area contributed by atoms with Crippen LogP contribution < -0.4 is 10.5 Å². The van der Waals surface area contributed by atoms with Gasteiger partial charge < -0.3 is 20.1 Å². The molecule has 1 saturated heterocycles. The smallest absolute Gasteiger partial charge is 0.309 e. The maximum absolute atomic E-state index is 14.2. The van der Waals surface area contributed by atoms with Gasteiger partial charge >= 0.3 is 5.92 Å². The average molecular weight is 314 g/mol. The van der Waals surface area contributed by atoms with Crippen molar-refractivity contribution in [1.82, 2.24) is 9.88 Å². The number of pyridine rings is 1. The van der Waals surface area contributed by atoms with Gasteiger partial charge in [0.1, 0.15) is 12.2 Å². The highest BCUT2D eigenvalue weighted by Crippen LogP contribution is 2.28. The summed E-state index contributed by atoms with van der Waals surface area (Å²) in [4.78, 5) is 9.31. The summed E-state index contributed by atoms with van der Waals surface area (Å²) in [5.41, 5.74) is 5.40. The molecule has 2 heterocycles. The summed E-state index contributed by atoms with van der Waals surface area (Å²) in [6.45, 7) is 2.73. The number of aliphatic imine (C=N–C) groups is 1. The zero-order valence-corrected chi connectivity index (χ0v) is 12.6. The van der Waals surface area contributed by atoms with Gasteiger partial charge in [0.05, 0.1) is 19.8 Å². The van der Waals surface area contributed by atoms with Crippen molar-refractivity contribution in [2.24, 2.45) is 10.7 Å². The number of rotatable bonds is 4. The molecule has 2 N–H and O–H groups in total. The van der Waals surface area contributed by atoms with Crippen molar-refractivity contribution in [3.05, 3.63) is 23.9 Å². The fraction of sp³-hybridized carbons (Fsp3) is 0.571. The first kappa shape index (κ1) is 16.4. The van der Waals surface area contributed by atoms with Crippen LogP contribution in [0.5, 0.6) is 5.88 Å². The van der Waals surface area contributed by atoms with Crippen LogP contribution in [0.1, 0.15) is 12.6 Å². The number of morpholine rings is 1. The molecule has 0 amide bonds. The zero-order chi connectivity index (χ0) is 16.2. The van der Waals surface area contributed by atoms with Gasteiger partial charge in [-0.05, 0) is 13.0 Å². The summed E-state index contributed by atoms with van der Waals surface area (Å²) < 4.78 is 38.5. The van der Waals surface area contributed by atoms with Crippen molar-refractivity contribution in [3.63, 3.8) is 0 Å². The lowest BCUT2D eigenvalue weighted by atomic mass is 10.2. The topological polar surface area (TPSA) is 73.0 Å². The third-order valence-corrected chi connectivity index (χ3v) is 3.31. The largest absolute Gasteiger partial charge is 0.481 e. The fourth-order valence-corrected chi connectivity index (χ4v) is 2.12. The summed E-state index contributed by atoms with van der Waals surface area (Å²) in [6.07, 6.45) is 0.00283. The summed E-state index contributed by atoms with van der Waals surface area (Å²) in [5, 5.41) is 0. The van der Waals surface area contributed by atoms with Crippen LogP contribution in [0.25, 0.3) is 0 Å². The molecule has 1 aliphatic rings. The molecule has 6 nitrogen and oxygen atoms in total. The standard InChI is InChI=1S/C14H20F2N4O2/c1-10-8-20(6-7-22-10)13(17)18-9-14(15,16)11-4-3-5-12(19-11)21-2/h3-5,10H,6-9H2,1-2H3,(H2,17,18). The Hall–Kier alpha value is -1.96. The summed E-state index contributed by atoms with van der Waals surface area (Å²) >= 11 is 0. The summed E-state index contributed by atoms with van der Waals surface area (Å²) in [6, 6.07) is 4.21. The first-order chi connectivity index (χ1) is 10.4. The van der Waals surface area contributed by atoms with Gasteiger partial charge in [-0.3, -0.25) is 0 Å². The van der Waals surface area contributed by atoms with Crippen molar-refractivity contribution >= 4 is 5.96 Å². The van der Waals surface area contributed by atoms with Crippen LogP contribution in [0.15, 0.2) is 23.2 Å². The minimum absolute atomic E-state index is 0.00283. The van der Waals surface area contributed by atoms with Crippen LogP contribution in [-0.2, 0) is 10.7 Å². The highest BCUT2D eigenvalue weighted by atomic mass is 19.3. The molecule has 122 valence electrons. The van der Waals surface area contributed by atoms with Crippen LogP contribution in [0.3, 0.4) is 0 Å². The Morgan fingerprint density at radius 2 is 2.36 bits per heavy atom. The summed E-state index contributed by atoms with van der Waals surface area (Å²) in [7, 11) is 1.37. The second-order valence-electron chi connectivity index (χ2n) is 5.07. The number of alkyl halides is 2. The van der Waals surface area contributed by atoms with Gasteiger partial charge in [0.15, 0.2) is 5.96 Å². The molecule has 1 fully saturated rings. The molecule has 1 aliphatic heterocycles. The highest BCUT2D eigenvalue weighted by molar-refractivity contribution is 5.78. The van der Waals surface area contributed by atoms with Crippen LogP contribution >= 0.6 is 0 Å². The van der Waals surface area contributed by atoms with E-state index in [0.717, 1.165) is 0 Å². The molecule has 0 bridgehead atoms. The maximum atomic E-state index is 14.2. The molecule has 0 spiro atoms. The molecule has 1 aromatic heterocycles. The van der Waals surface area contributed by atoms with Gasteiger partial charge in [-0.2, -0.15) is 8.78 Å². The molecule has 2 rings (SSSR count). The van der Waals surface area contributed by atoms with E-state index in [1.165, 1.54) is 25.3 Å². The minimum Gasteiger partial charge on any atom is -0.481 e. The molecule has 8 heteroatoms. The van der Waals surface area contributed by atoms with E-state index in [0.29, 0.717) is 19.7 Å². The Morgan fingerprint density at radius 3 is 3.05 bits per heavy atom. The van der Waals surface area contributed by atoms with E-state index < -0.39 is 18.2 Å². The van der Waals surface area contributed by atoms with Crippen molar-refractivity contribution < 1.29 is 18.3 Å². The number of nitrogens with zero attached hydrogens (tertiary/aromatic N) is 3. The van der Waals surface area contributed by atoms with Crippen molar-refractivity contribution in [1.29, 1.82) is 0 Å². The first-order valence-corrected chi connectivity index (χ1v) is 6.98. The molecule has 0 saturated carbocycles. The lowest BCUT2D eigenvalue weighted by Crippen LogP contribution is -2.48. The highest BCUT2D eigenvalue weighted by Gasteiger charge is 2.34. The van der Waals surface area contributed by atoms with Crippen LogP contribution in [0.4, 0.5) is 8.78 Å². The first-order valence-electron chi connectivity index (χ1n) is 6.98. The number of ether oxygens (including phenoxy) is 2. The third-order valence-electron chi connectivity index (χ3n) is 3.31. The Bertz CT molecular complexity index is 539. The SMILES string of the molecule is COc1cccc(C(F)(F)CN=C(N)N2CCOC(C)C2)n1. The lowest BCUT2D eigenvalue weighted by Gasteiger charge is -2.32. The minimum atomic E-state index is -3.21. The Balaban J connectivity index is 2.05. The molecular formula is C14H20F2N4O2. The number of methoxy groups -OCH3 is 1. The predicted molar refractivity (Wildman–Crippen MR) is 78.2 cm³/mol. The van der Waals surface area contributed by atoms with Gasteiger partial charge in [-0.1, -0.05) is 6.07 Å². The quantitative estimate of drug-likeness (QED) is 0.668. The van der Waals surface area contributed by atoms with Crippen LogP contribution in [0, 0.1) is 0 Å². The predicted octanol–water partition coefficient (Wildman–Crippen LogP) is 1.22.